The molecular weight excluding hydrogens is 274 g/mol. The molecule has 0 aromatic heterocycles. The number of hydrogen-bond donors (Lipinski definition) is 1. The second kappa shape index (κ2) is 6.19. The van der Waals surface area contributed by atoms with E-state index in [1.807, 2.05) is 13.8 Å². The van der Waals surface area contributed by atoms with Gasteiger partial charge >= 0.3 is 0 Å². The number of morpholine rings is 1. The van der Waals surface area contributed by atoms with Gasteiger partial charge < -0.3 is 10.5 Å². The molecule has 0 saturated carbocycles. The van der Waals surface area contributed by atoms with Gasteiger partial charge in [0.2, 0.25) is 5.91 Å². The second-order valence-corrected chi connectivity index (χ2v) is 5.39. The van der Waals surface area contributed by atoms with E-state index in [1.54, 1.807) is 6.07 Å². The number of nitro groups is 1. The van der Waals surface area contributed by atoms with Crippen LogP contribution in [0.3, 0.4) is 0 Å². The Bertz CT molecular complexity index is 561. The van der Waals surface area contributed by atoms with E-state index < -0.39 is 10.8 Å². The van der Waals surface area contributed by atoms with E-state index >= 15 is 0 Å². The number of carbonyl (C=O) groups excluding carboxylic acids is 1. The molecule has 0 bridgehead atoms. The van der Waals surface area contributed by atoms with Crippen molar-refractivity contribution in [1.29, 1.82) is 0 Å². The highest BCUT2D eigenvalue weighted by atomic mass is 16.6. The van der Waals surface area contributed by atoms with Crippen LogP contribution in [0.5, 0.6) is 0 Å². The first-order valence-corrected chi connectivity index (χ1v) is 6.81. The largest absolute Gasteiger partial charge is 0.376 e. The molecule has 0 spiro atoms. The second-order valence-electron chi connectivity index (χ2n) is 5.39. The quantitative estimate of drug-likeness (QED) is 0.666. The van der Waals surface area contributed by atoms with Gasteiger partial charge in [0.25, 0.3) is 5.69 Å². The molecule has 0 aliphatic carbocycles. The molecule has 1 amide bonds. The van der Waals surface area contributed by atoms with Gasteiger partial charge in [0.05, 0.1) is 17.6 Å². The Morgan fingerprint density at radius 3 is 2.86 bits per heavy atom. The molecule has 7 heteroatoms. The third kappa shape index (κ3) is 3.56. The first-order chi connectivity index (χ1) is 9.88. The van der Waals surface area contributed by atoms with Crippen LogP contribution in [0.15, 0.2) is 18.2 Å². The lowest BCUT2D eigenvalue weighted by Gasteiger charge is -2.36. The summed E-state index contributed by atoms with van der Waals surface area (Å²) < 4.78 is 5.55. The van der Waals surface area contributed by atoms with Crippen molar-refractivity contribution in [3.05, 3.63) is 39.4 Å². The van der Waals surface area contributed by atoms with Gasteiger partial charge in [-0.25, -0.2) is 0 Å². The van der Waals surface area contributed by atoms with Gasteiger partial charge in [0.1, 0.15) is 0 Å². The Morgan fingerprint density at radius 1 is 1.52 bits per heavy atom. The molecule has 2 rings (SSSR count). The topological polar surface area (TPSA) is 98.7 Å². The molecule has 2 N–H and O–H groups in total. The fourth-order valence-electron chi connectivity index (χ4n) is 2.43. The zero-order chi connectivity index (χ0) is 15.6. The number of primary amides is 1. The van der Waals surface area contributed by atoms with Crippen molar-refractivity contribution < 1.29 is 14.5 Å². The molecule has 1 heterocycles. The highest BCUT2D eigenvalue weighted by Gasteiger charge is 2.26. The van der Waals surface area contributed by atoms with Crippen LogP contribution < -0.4 is 5.73 Å². The van der Waals surface area contributed by atoms with Gasteiger partial charge in [-0.1, -0.05) is 6.07 Å². The van der Waals surface area contributed by atoms with Gasteiger partial charge in [0.15, 0.2) is 0 Å². The van der Waals surface area contributed by atoms with Crippen LogP contribution in [0.25, 0.3) is 0 Å². The highest BCUT2D eigenvalue weighted by molar-refractivity contribution is 5.93. The maximum Gasteiger partial charge on any atom is 0.274 e. The van der Waals surface area contributed by atoms with Gasteiger partial charge in [-0.2, -0.15) is 0 Å². The minimum absolute atomic E-state index is 0.0716. The summed E-state index contributed by atoms with van der Waals surface area (Å²) in [7, 11) is 0. The number of nitro benzene ring substituents is 1. The first kappa shape index (κ1) is 15.4. The van der Waals surface area contributed by atoms with E-state index in [9.17, 15) is 14.9 Å². The number of hydrogen-bond acceptors (Lipinski definition) is 5. The monoisotopic (exact) mass is 293 g/mol. The highest BCUT2D eigenvalue weighted by Crippen LogP contribution is 2.24. The van der Waals surface area contributed by atoms with E-state index in [0.717, 1.165) is 6.54 Å². The predicted octanol–water partition coefficient (Wildman–Crippen LogP) is 1.30. The number of nitrogens with two attached hydrogens (primary N) is 1. The molecule has 21 heavy (non-hydrogen) atoms. The summed E-state index contributed by atoms with van der Waals surface area (Å²) in [5, 5.41) is 11.2. The van der Waals surface area contributed by atoms with E-state index in [4.69, 9.17) is 10.5 Å². The van der Waals surface area contributed by atoms with Crippen LogP contribution in [0.4, 0.5) is 5.69 Å². The number of carbonyl (C=O) groups is 1. The molecule has 7 nitrogen and oxygen atoms in total. The number of ether oxygens (including phenoxy) is 1. The number of nitrogens with zero attached hydrogens (tertiary/aromatic N) is 2. The lowest BCUT2D eigenvalue weighted by atomic mass is 10.1. The summed E-state index contributed by atoms with van der Waals surface area (Å²) in [6.07, 6.45) is 0.102. The normalized spacial score (nSPS) is 23.0. The van der Waals surface area contributed by atoms with Crippen LogP contribution in [0, 0.1) is 10.1 Å². The molecule has 1 aromatic carbocycles. The van der Waals surface area contributed by atoms with Gasteiger partial charge in [0, 0.05) is 36.3 Å². The molecule has 1 saturated heterocycles. The van der Waals surface area contributed by atoms with E-state index in [-0.39, 0.29) is 23.4 Å². The lowest BCUT2D eigenvalue weighted by Crippen LogP contribution is -2.46. The number of amides is 1. The van der Waals surface area contributed by atoms with Gasteiger partial charge in [-0.15, -0.1) is 0 Å². The third-order valence-electron chi connectivity index (χ3n) is 3.68. The Balaban J connectivity index is 2.26. The van der Waals surface area contributed by atoms with Crippen molar-refractivity contribution >= 4 is 11.6 Å². The fourth-order valence-corrected chi connectivity index (χ4v) is 2.43. The van der Waals surface area contributed by atoms with Crippen LogP contribution >= 0.6 is 0 Å². The molecule has 1 aliphatic heterocycles. The van der Waals surface area contributed by atoms with Crippen LogP contribution in [-0.4, -0.2) is 41.0 Å². The third-order valence-corrected chi connectivity index (χ3v) is 3.68. The Morgan fingerprint density at radius 2 is 2.24 bits per heavy atom. The zero-order valence-corrected chi connectivity index (χ0v) is 12.1. The van der Waals surface area contributed by atoms with Crippen molar-refractivity contribution in [3.8, 4) is 0 Å². The minimum atomic E-state index is -0.669. The van der Waals surface area contributed by atoms with Crippen molar-refractivity contribution in [1.82, 2.24) is 4.90 Å². The average Bonchev–Trinajstić information content (AvgIpc) is 2.42. The lowest BCUT2D eigenvalue weighted by molar-refractivity contribution is -0.385. The Labute approximate surface area is 122 Å². The van der Waals surface area contributed by atoms with Gasteiger partial charge in [-0.05, 0) is 19.9 Å². The SMILES string of the molecule is CC1CN(Cc2ccc(C(N)=O)cc2[N+](=O)[O-])C(C)CO1. The molecule has 1 aliphatic rings. The van der Waals surface area contributed by atoms with E-state index in [1.165, 1.54) is 12.1 Å². The van der Waals surface area contributed by atoms with Crippen LogP contribution in [0.2, 0.25) is 0 Å². The van der Waals surface area contributed by atoms with Gasteiger partial charge in [-0.3, -0.25) is 19.8 Å². The summed E-state index contributed by atoms with van der Waals surface area (Å²) in [6, 6.07) is 4.56. The molecular formula is C14H19N3O4. The summed E-state index contributed by atoms with van der Waals surface area (Å²) >= 11 is 0. The van der Waals surface area contributed by atoms with Crippen molar-refractivity contribution in [3.63, 3.8) is 0 Å². The van der Waals surface area contributed by atoms with Crippen molar-refractivity contribution in [2.75, 3.05) is 13.2 Å². The summed E-state index contributed by atoms with van der Waals surface area (Å²) in [6.45, 7) is 5.77. The number of rotatable bonds is 4. The Kier molecular flexibility index (Phi) is 4.54. The first-order valence-electron chi connectivity index (χ1n) is 6.81. The van der Waals surface area contributed by atoms with Crippen LogP contribution in [0.1, 0.15) is 29.8 Å². The number of benzene rings is 1. The molecule has 0 radical (unpaired) electrons. The minimum Gasteiger partial charge on any atom is -0.376 e. The zero-order valence-electron chi connectivity index (χ0n) is 12.1. The van der Waals surface area contributed by atoms with E-state index in [0.29, 0.717) is 18.7 Å². The Hall–Kier alpha value is -1.99. The maximum absolute atomic E-state index is 11.2. The molecule has 1 fully saturated rings. The van der Waals surface area contributed by atoms with Crippen molar-refractivity contribution in [2.45, 2.75) is 32.5 Å². The predicted molar refractivity (Wildman–Crippen MR) is 76.9 cm³/mol. The summed E-state index contributed by atoms with van der Waals surface area (Å²) in [5.41, 5.74) is 5.82. The average molecular weight is 293 g/mol. The van der Waals surface area contributed by atoms with Crippen LogP contribution in [-0.2, 0) is 11.3 Å². The van der Waals surface area contributed by atoms with Crippen molar-refractivity contribution in [2.24, 2.45) is 5.73 Å². The van der Waals surface area contributed by atoms with E-state index in [2.05, 4.69) is 4.90 Å². The molecule has 1 aromatic rings. The summed E-state index contributed by atoms with van der Waals surface area (Å²) in [4.78, 5) is 24.0. The smallest absolute Gasteiger partial charge is 0.274 e. The standard InChI is InChI=1S/C14H19N3O4/c1-9-8-21-10(2)6-16(9)7-12-4-3-11(14(15)18)5-13(12)17(19)20/h3-5,9-10H,6-8H2,1-2H3,(H2,15,18). The summed E-state index contributed by atoms with van der Waals surface area (Å²) in [5.74, 6) is -0.669. The fraction of sp³-hybridized carbons (Fsp3) is 0.500. The molecule has 2 unspecified atom stereocenters. The maximum atomic E-state index is 11.2. The molecule has 114 valence electrons. The molecule has 2 atom stereocenters.